The molecule has 0 bridgehead atoms. The van der Waals surface area contributed by atoms with E-state index >= 15 is 0 Å². The van der Waals surface area contributed by atoms with Crippen LogP contribution in [0.4, 0.5) is 5.69 Å². The van der Waals surface area contributed by atoms with E-state index in [4.69, 9.17) is 10.5 Å². The zero-order valence-electron chi connectivity index (χ0n) is 11.7. The minimum absolute atomic E-state index is 0.00213. The Hall–Kier alpha value is -2.49. The molecular weight excluding hydrogens is 264 g/mol. The van der Waals surface area contributed by atoms with Crippen LogP contribution in [0.3, 0.4) is 0 Å². The van der Waals surface area contributed by atoms with Gasteiger partial charge in [-0.05, 0) is 23.8 Å². The van der Waals surface area contributed by atoms with Gasteiger partial charge in [-0.1, -0.05) is 30.3 Å². The Labute approximate surface area is 123 Å². The summed E-state index contributed by atoms with van der Waals surface area (Å²) >= 11 is 0. The third-order valence-corrected chi connectivity index (χ3v) is 3.61. The fourth-order valence-electron chi connectivity index (χ4n) is 2.63. The van der Waals surface area contributed by atoms with Gasteiger partial charge in [0.15, 0.2) is 0 Å². The van der Waals surface area contributed by atoms with Crippen molar-refractivity contribution in [3.05, 3.63) is 59.7 Å². The van der Waals surface area contributed by atoms with Gasteiger partial charge in [0.25, 0.3) is 0 Å². The number of hydrogen-bond acceptors (Lipinski definition) is 3. The first-order chi connectivity index (χ1) is 10.2. The van der Waals surface area contributed by atoms with Crippen LogP contribution in [0.15, 0.2) is 48.5 Å². The van der Waals surface area contributed by atoms with Crippen LogP contribution in [0, 0.1) is 0 Å². The number of carbonyl (C=O) groups excluding carboxylic acids is 1. The fraction of sp³-hybridized carbons (Fsp3) is 0.235. The summed E-state index contributed by atoms with van der Waals surface area (Å²) in [5.41, 5.74) is 8.38. The van der Waals surface area contributed by atoms with Crippen LogP contribution < -0.4 is 15.8 Å². The predicted molar refractivity (Wildman–Crippen MR) is 82.0 cm³/mol. The molecule has 0 spiro atoms. The SMILES string of the molecule is Nc1cccc(CC(=O)NC2CCOc3ccccc32)c1. The highest BCUT2D eigenvalue weighted by molar-refractivity contribution is 5.79. The lowest BCUT2D eigenvalue weighted by molar-refractivity contribution is -0.121. The van der Waals surface area contributed by atoms with Crippen molar-refractivity contribution < 1.29 is 9.53 Å². The van der Waals surface area contributed by atoms with Crippen molar-refractivity contribution in [3.63, 3.8) is 0 Å². The van der Waals surface area contributed by atoms with Gasteiger partial charge in [0, 0.05) is 17.7 Å². The maximum Gasteiger partial charge on any atom is 0.224 e. The van der Waals surface area contributed by atoms with Crippen molar-refractivity contribution in [2.75, 3.05) is 12.3 Å². The number of para-hydroxylation sites is 1. The Bertz CT molecular complexity index is 655. The van der Waals surface area contributed by atoms with Crippen LogP contribution in [0.5, 0.6) is 5.75 Å². The first-order valence-corrected chi connectivity index (χ1v) is 7.08. The van der Waals surface area contributed by atoms with Crippen LogP contribution in [-0.2, 0) is 11.2 Å². The van der Waals surface area contributed by atoms with E-state index in [0.717, 1.165) is 23.3 Å². The van der Waals surface area contributed by atoms with Gasteiger partial charge in [-0.15, -0.1) is 0 Å². The van der Waals surface area contributed by atoms with Gasteiger partial charge in [-0.3, -0.25) is 4.79 Å². The number of nitrogens with two attached hydrogens (primary N) is 1. The molecule has 2 aromatic rings. The molecule has 21 heavy (non-hydrogen) atoms. The summed E-state index contributed by atoms with van der Waals surface area (Å²) in [6.45, 7) is 0.625. The number of fused-ring (bicyclic) bond motifs is 1. The van der Waals surface area contributed by atoms with Crippen LogP contribution in [0.25, 0.3) is 0 Å². The Kier molecular flexibility index (Phi) is 3.77. The molecule has 1 aliphatic heterocycles. The lowest BCUT2D eigenvalue weighted by Gasteiger charge is -2.26. The number of ether oxygens (including phenoxy) is 1. The third-order valence-electron chi connectivity index (χ3n) is 3.61. The molecular formula is C17H18N2O2. The first-order valence-electron chi connectivity index (χ1n) is 7.08. The average molecular weight is 282 g/mol. The molecule has 0 fully saturated rings. The van der Waals surface area contributed by atoms with Crippen LogP contribution in [-0.4, -0.2) is 12.5 Å². The van der Waals surface area contributed by atoms with Gasteiger partial charge in [-0.2, -0.15) is 0 Å². The quantitative estimate of drug-likeness (QED) is 0.850. The molecule has 3 N–H and O–H groups in total. The number of hydrogen-bond donors (Lipinski definition) is 2. The van der Waals surface area contributed by atoms with Gasteiger partial charge < -0.3 is 15.8 Å². The highest BCUT2D eigenvalue weighted by Crippen LogP contribution is 2.31. The smallest absolute Gasteiger partial charge is 0.224 e. The van der Waals surface area contributed by atoms with Crippen LogP contribution in [0.2, 0.25) is 0 Å². The normalized spacial score (nSPS) is 16.7. The first kappa shape index (κ1) is 13.5. The molecule has 1 unspecified atom stereocenters. The predicted octanol–water partition coefficient (Wildman–Crippen LogP) is 2.45. The van der Waals surface area contributed by atoms with Crippen LogP contribution in [0.1, 0.15) is 23.6 Å². The van der Waals surface area contributed by atoms with Crippen molar-refractivity contribution in [3.8, 4) is 5.75 Å². The number of anilines is 1. The fourth-order valence-corrected chi connectivity index (χ4v) is 2.63. The standard InChI is InChI=1S/C17H18N2O2/c18-13-5-3-4-12(10-13)11-17(20)19-15-8-9-21-16-7-2-1-6-14(15)16/h1-7,10,15H,8-9,11,18H2,(H,19,20). The van der Waals surface area contributed by atoms with Crippen molar-refractivity contribution in [2.45, 2.75) is 18.9 Å². The number of carbonyl (C=O) groups is 1. The van der Waals surface area contributed by atoms with Crippen molar-refractivity contribution >= 4 is 11.6 Å². The molecule has 0 aromatic heterocycles. The van der Waals surface area contributed by atoms with E-state index in [-0.39, 0.29) is 11.9 Å². The zero-order valence-corrected chi connectivity index (χ0v) is 11.7. The highest BCUT2D eigenvalue weighted by Gasteiger charge is 2.22. The van der Waals surface area contributed by atoms with E-state index < -0.39 is 0 Å². The molecule has 4 nitrogen and oxygen atoms in total. The highest BCUT2D eigenvalue weighted by atomic mass is 16.5. The molecule has 0 saturated heterocycles. The van der Waals surface area contributed by atoms with Gasteiger partial charge >= 0.3 is 0 Å². The molecule has 3 rings (SSSR count). The second kappa shape index (κ2) is 5.87. The van der Waals surface area contributed by atoms with E-state index in [1.54, 1.807) is 0 Å². The summed E-state index contributed by atoms with van der Waals surface area (Å²) in [5, 5.41) is 3.08. The molecule has 1 heterocycles. The minimum atomic E-state index is 0.00213. The van der Waals surface area contributed by atoms with Crippen LogP contribution >= 0.6 is 0 Å². The van der Waals surface area contributed by atoms with Gasteiger partial charge in [0.05, 0.1) is 19.1 Å². The summed E-state index contributed by atoms with van der Waals surface area (Å²) in [6.07, 6.45) is 1.13. The Morgan fingerprint density at radius 1 is 1.24 bits per heavy atom. The topological polar surface area (TPSA) is 64.4 Å². The van der Waals surface area contributed by atoms with E-state index in [1.807, 2.05) is 48.5 Å². The molecule has 1 aliphatic rings. The second-order valence-electron chi connectivity index (χ2n) is 5.22. The maximum atomic E-state index is 12.2. The lowest BCUT2D eigenvalue weighted by Crippen LogP contribution is -2.33. The Morgan fingerprint density at radius 3 is 2.95 bits per heavy atom. The number of rotatable bonds is 3. The summed E-state index contributed by atoms with van der Waals surface area (Å²) in [4.78, 5) is 12.2. The summed E-state index contributed by atoms with van der Waals surface area (Å²) in [7, 11) is 0. The minimum Gasteiger partial charge on any atom is -0.493 e. The Morgan fingerprint density at radius 2 is 2.10 bits per heavy atom. The zero-order chi connectivity index (χ0) is 14.7. The van der Waals surface area contributed by atoms with Crippen molar-refractivity contribution in [1.29, 1.82) is 0 Å². The van der Waals surface area contributed by atoms with E-state index in [9.17, 15) is 4.79 Å². The van der Waals surface area contributed by atoms with Gasteiger partial charge in [0.2, 0.25) is 5.91 Å². The summed E-state index contributed by atoms with van der Waals surface area (Å²) in [5.74, 6) is 0.861. The van der Waals surface area contributed by atoms with E-state index in [1.165, 1.54) is 0 Å². The molecule has 1 atom stereocenters. The maximum absolute atomic E-state index is 12.2. The number of nitrogen functional groups attached to an aromatic ring is 1. The van der Waals surface area contributed by atoms with Crippen molar-refractivity contribution in [2.24, 2.45) is 0 Å². The molecule has 1 amide bonds. The second-order valence-corrected chi connectivity index (χ2v) is 5.22. The van der Waals surface area contributed by atoms with Crippen molar-refractivity contribution in [1.82, 2.24) is 5.32 Å². The lowest BCUT2D eigenvalue weighted by atomic mass is 10.00. The largest absolute Gasteiger partial charge is 0.493 e. The summed E-state index contributed by atoms with van der Waals surface area (Å²) < 4.78 is 5.60. The number of benzene rings is 2. The molecule has 2 aromatic carbocycles. The molecule has 0 saturated carbocycles. The Balaban J connectivity index is 1.68. The number of amides is 1. The molecule has 0 aliphatic carbocycles. The summed E-state index contributed by atoms with van der Waals surface area (Å²) in [6, 6.07) is 15.3. The van der Waals surface area contributed by atoms with Gasteiger partial charge in [0.1, 0.15) is 5.75 Å². The number of nitrogens with one attached hydrogen (secondary N) is 1. The molecule has 4 heteroatoms. The molecule has 0 radical (unpaired) electrons. The van der Waals surface area contributed by atoms with E-state index in [2.05, 4.69) is 5.32 Å². The van der Waals surface area contributed by atoms with Gasteiger partial charge in [-0.25, -0.2) is 0 Å². The third kappa shape index (κ3) is 3.16. The monoisotopic (exact) mass is 282 g/mol. The van der Waals surface area contributed by atoms with E-state index in [0.29, 0.717) is 18.7 Å². The molecule has 108 valence electrons. The average Bonchev–Trinajstić information content (AvgIpc) is 2.47.